The summed E-state index contributed by atoms with van der Waals surface area (Å²) in [5.74, 6) is 0. The molecule has 0 aromatic carbocycles. The standard InChI is InChI=1S/C8H12BrN3/c9-8-3-1-2-7(12-8)6(11)4-5-10/h1-3,6H,4-5,10-11H2/t6-/m1/s1. The molecule has 0 saturated carbocycles. The van der Waals surface area contributed by atoms with Gasteiger partial charge < -0.3 is 11.5 Å². The maximum atomic E-state index is 5.81. The highest BCUT2D eigenvalue weighted by Crippen LogP contribution is 2.13. The molecule has 0 fully saturated rings. The van der Waals surface area contributed by atoms with E-state index in [9.17, 15) is 0 Å². The average Bonchev–Trinajstić information content (AvgIpc) is 2.05. The highest BCUT2D eigenvalue weighted by molar-refractivity contribution is 9.10. The first kappa shape index (κ1) is 9.64. The Labute approximate surface area is 80.3 Å². The summed E-state index contributed by atoms with van der Waals surface area (Å²) in [4.78, 5) is 4.23. The fourth-order valence-corrected chi connectivity index (χ4v) is 1.32. The molecule has 1 heterocycles. The van der Waals surface area contributed by atoms with Crippen LogP contribution in [0.2, 0.25) is 0 Å². The van der Waals surface area contributed by atoms with Crippen molar-refractivity contribution in [3.63, 3.8) is 0 Å². The molecule has 0 aliphatic carbocycles. The van der Waals surface area contributed by atoms with Gasteiger partial charge in [0.15, 0.2) is 0 Å². The van der Waals surface area contributed by atoms with Gasteiger partial charge in [0.05, 0.1) is 5.69 Å². The van der Waals surface area contributed by atoms with Gasteiger partial charge in [0, 0.05) is 6.04 Å². The quantitative estimate of drug-likeness (QED) is 0.766. The van der Waals surface area contributed by atoms with Crippen LogP contribution in [0.15, 0.2) is 22.8 Å². The molecular weight excluding hydrogens is 218 g/mol. The van der Waals surface area contributed by atoms with E-state index in [1.54, 1.807) is 0 Å². The molecule has 0 aliphatic rings. The van der Waals surface area contributed by atoms with E-state index < -0.39 is 0 Å². The molecule has 1 aromatic rings. The predicted octanol–water partition coefficient (Wildman–Crippen LogP) is 1.19. The maximum Gasteiger partial charge on any atom is 0.106 e. The summed E-state index contributed by atoms with van der Waals surface area (Å²) in [6.45, 7) is 0.593. The van der Waals surface area contributed by atoms with Gasteiger partial charge in [0.1, 0.15) is 4.60 Å². The molecule has 12 heavy (non-hydrogen) atoms. The lowest BCUT2D eigenvalue weighted by molar-refractivity contribution is 0.641. The van der Waals surface area contributed by atoms with Gasteiger partial charge in [0.25, 0.3) is 0 Å². The van der Waals surface area contributed by atoms with Gasteiger partial charge in [-0.05, 0) is 41.0 Å². The summed E-state index contributed by atoms with van der Waals surface area (Å²) in [6, 6.07) is 5.65. The number of hydrogen-bond acceptors (Lipinski definition) is 3. The Kier molecular flexibility index (Phi) is 3.65. The minimum Gasteiger partial charge on any atom is -0.330 e. The van der Waals surface area contributed by atoms with Crippen molar-refractivity contribution >= 4 is 15.9 Å². The van der Waals surface area contributed by atoms with Crippen LogP contribution < -0.4 is 11.5 Å². The maximum absolute atomic E-state index is 5.81. The lowest BCUT2D eigenvalue weighted by atomic mass is 10.1. The van der Waals surface area contributed by atoms with Crippen LogP contribution in [0.4, 0.5) is 0 Å². The number of rotatable bonds is 3. The van der Waals surface area contributed by atoms with Crippen molar-refractivity contribution in [2.24, 2.45) is 11.5 Å². The molecule has 1 atom stereocenters. The van der Waals surface area contributed by atoms with Gasteiger partial charge in [-0.15, -0.1) is 0 Å². The summed E-state index contributed by atoms with van der Waals surface area (Å²) < 4.78 is 0.812. The van der Waals surface area contributed by atoms with Crippen LogP contribution in [0, 0.1) is 0 Å². The van der Waals surface area contributed by atoms with E-state index in [2.05, 4.69) is 20.9 Å². The van der Waals surface area contributed by atoms with Crippen molar-refractivity contribution in [3.05, 3.63) is 28.5 Å². The molecule has 0 unspecified atom stereocenters. The van der Waals surface area contributed by atoms with Crippen molar-refractivity contribution in [1.29, 1.82) is 0 Å². The zero-order valence-electron chi connectivity index (χ0n) is 6.70. The molecule has 66 valence electrons. The Bertz CT molecular complexity index is 252. The van der Waals surface area contributed by atoms with Crippen LogP contribution in [-0.4, -0.2) is 11.5 Å². The van der Waals surface area contributed by atoms with Crippen molar-refractivity contribution in [1.82, 2.24) is 4.98 Å². The summed E-state index contributed by atoms with van der Waals surface area (Å²) in [5.41, 5.74) is 12.1. The Morgan fingerprint density at radius 3 is 2.83 bits per heavy atom. The van der Waals surface area contributed by atoms with Crippen LogP contribution in [0.5, 0.6) is 0 Å². The Hall–Kier alpha value is -0.450. The van der Waals surface area contributed by atoms with E-state index in [4.69, 9.17) is 11.5 Å². The van der Waals surface area contributed by atoms with Gasteiger partial charge in [-0.3, -0.25) is 0 Å². The molecule has 1 rings (SSSR count). The lowest BCUT2D eigenvalue weighted by Crippen LogP contribution is -2.16. The first-order chi connectivity index (χ1) is 5.74. The van der Waals surface area contributed by atoms with Crippen LogP contribution in [-0.2, 0) is 0 Å². The summed E-state index contributed by atoms with van der Waals surface area (Å²) in [7, 11) is 0. The molecule has 4 heteroatoms. The van der Waals surface area contributed by atoms with E-state index in [0.29, 0.717) is 6.54 Å². The highest BCUT2D eigenvalue weighted by atomic mass is 79.9. The summed E-state index contributed by atoms with van der Waals surface area (Å²) in [6.07, 6.45) is 0.767. The SMILES string of the molecule is NCC[C@@H](N)c1cccc(Br)n1. The molecule has 0 spiro atoms. The van der Waals surface area contributed by atoms with Crippen LogP contribution in [0.3, 0.4) is 0 Å². The average molecular weight is 230 g/mol. The first-order valence-electron chi connectivity index (χ1n) is 3.82. The van der Waals surface area contributed by atoms with Crippen LogP contribution >= 0.6 is 15.9 Å². The third-order valence-electron chi connectivity index (χ3n) is 1.59. The number of nitrogens with two attached hydrogens (primary N) is 2. The normalized spacial score (nSPS) is 12.9. The van der Waals surface area contributed by atoms with Crippen LogP contribution in [0.1, 0.15) is 18.2 Å². The summed E-state index contributed by atoms with van der Waals surface area (Å²) in [5, 5.41) is 0. The molecule has 0 aliphatic heterocycles. The zero-order valence-corrected chi connectivity index (χ0v) is 8.29. The van der Waals surface area contributed by atoms with Gasteiger partial charge in [-0.1, -0.05) is 6.07 Å². The van der Waals surface area contributed by atoms with E-state index in [1.165, 1.54) is 0 Å². The fraction of sp³-hybridized carbons (Fsp3) is 0.375. The second-order valence-corrected chi connectivity index (χ2v) is 3.38. The second kappa shape index (κ2) is 4.54. The lowest BCUT2D eigenvalue weighted by Gasteiger charge is -2.08. The predicted molar refractivity (Wildman–Crippen MR) is 52.5 cm³/mol. The molecule has 4 N–H and O–H groups in total. The van der Waals surface area contributed by atoms with E-state index in [-0.39, 0.29) is 6.04 Å². The second-order valence-electron chi connectivity index (χ2n) is 2.57. The third kappa shape index (κ3) is 2.55. The molecular formula is C8H12BrN3. The minimum atomic E-state index is -0.0486. The topological polar surface area (TPSA) is 64.9 Å². The molecule has 0 amide bonds. The molecule has 3 nitrogen and oxygen atoms in total. The molecule has 0 bridgehead atoms. The first-order valence-corrected chi connectivity index (χ1v) is 4.61. The van der Waals surface area contributed by atoms with Crippen LogP contribution in [0.25, 0.3) is 0 Å². The van der Waals surface area contributed by atoms with E-state index >= 15 is 0 Å². The molecule has 0 saturated heterocycles. The largest absolute Gasteiger partial charge is 0.330 e. The smallest absolute Gasteiger partial charge is 0.106 e. The number of pyridine rings is 1. The van der Waals surface area contributed by atoms with E-state index in [1.807, 2.05) is 18.2 Å². The highest BCUT2D eigenvalue weighted by Gasteiger charge is 2.05. The third-order valence-corrected chi connectivity index (χ3v) is 2.04. The Morgan fingerprint density at radius 2 is 2.25 bits per heavy atom. The molecule has 1 aromatic heterocycles. The van der Waals surface area contributed by atoms with Gasteiger partial charge in [0.2, 0.25) is 0 Å². The van der Waals surface area contributed by atoms with Crippen molar-refractivity contribution in [3.8, 4) is 0 Å². The number of aromatic nitrogens is 1. The fourth-order valence-electron chi connectivity index (χ4n) is 0.958. The van der Waals surface area contributed by atoms with E-state index in [0.717, 1.165) is 16.7 Å². The van der Waals surface area contributed by atoms with Crippen molar-refractivity contribution in [2.75, 3.05) is 6.54 Å². The number of nitrogens with zero attached hydrogens (tertiary/aromatic N) is 1. The van der Waals surface area contributed by atoms with Crippen molar-refractivity contribution < 1.29 is 0 Å². The zero-order chi connectivity index (χ0) is 8.97. The molecule has 0 radical (unpaired) electrons. The van der Waals surface area contributed by atoms with Gasteiger partial charge in [-0.25, -0.2) is 4.98 Å². The Morgan fingerprint density at radius 1 is 1.50 bits per heavy atom. The van der Waals surface area contributed by atoms with Gasteiger partial charge in [-0.2, -0.15) is 0 Å². The number of halogens is 1. The van der Waals surface area contributed by atoms with Crippen molar-refractivity contribution in [2.45, 2.75) is 12.5 Å². The van der Waals surface area contributed by atoms with Gasteiger partial charge >= 0.3 is 0 Å². The minimum absolute atomic E-state index is 0.0486. The number of hydrogen-bond donors (Lipinski definition) is 2. The monoisotopic (exact) mass is 229 g/mol. The Balaban J connectivity index is 2.73. The summed E-state index contributed by atoms with van der Waals surface area (Å²) >= 11 is 3.28.